The van der Waals surface area contributed by atoms with E-state index in [9.17, 15) is 5.11 Å². The molecule has 0 aliphatic rings. The van der Waals surface area contributed by atoms with E-state index in [1.165, 1.54) is 0 Å². The molecule has 6 nitrogen and oxygen atoms in total. The average molecular weight is 425 g/mol. The molecule has 4 aromatic rings. The summed E-state index contributed by atoms with van der Waals surface area (Å²) in [7, 11) is 1.97. The van der Waals surface area contributed by atoms with E-state index in [1.54, 1.807) is 18.3 Å². The summed E-state index contributed by atoms with van der Waals surface area (Å²) in [6, 6.07) is 17.1. The second-order valence-electron chi connectivity index (χ2n) is 6.02. The molecule has 0 saturated carbocycles. The van der Waals surface area contributed by atoms with Gasteiger partial charge in [0.2, 0.25) is 5.95 Å². The maximum Gasteiger partial charge on any atom is 0.208 e. The highest BCUT2D eigenvalue weighted by Crippen LogP contribution is 2.28. The lowest BCUT2D eigenvalue weighted by Gasteiger charge is -2.07. The number of rotatable bonds is 5. The summed E-state index contributed by atoms with van der Waals surface area (Å²) in [5.41, 5.74) is 3.34. The third-order valence-electron chi connectivity index (χ3n) is 4.14. The van der Waals surface area contributed by atoms with Crippen molar-refractivity contribution < 1.29 is 9.84 Å². The number of aryl methyl sites for hydroxylation is 1. The molecule has 2 heterocycles. The zero-order valence-corrected chi connectivity index (χ0v) is 16.1. The van der Waals surface area contributed by atoms with Crippen LogP contribution in [0.3, 0.4) is 0 Å². The second-order valence-corrected chi connectivity index (χ2v) is 6.94. The summed E-state index contributed by atoms with van der Waals surface area (Å²) >= 11 is 3.44. The van der Waals surface area contributed by atoms with Crippen molar-refractivity contribution in [2.45, 2.75) is 6.61 Å². The van der Waals surface area contributed by atoms with E-state index in [2.05, 4.69) is 31.2 Å². The Bertz CT molecular complexity index is 1090. The average Bonchev–Trinajstić information content (AvgIpc) is 2.99. The lowest BCUT2D eigenvalue weighted by molar-refractivity contribution is 0.276. The number of hydrogen-bond acceptors (Lipinski definition) is 5. The molecule has 2 N–H and O–H groups in total. The van der Waals surface area contributed by atoms with Crippen molar-refractivity contribution in [2.24, 2.45) is 7.05 Å². The smallest absolute Gasteiger partial charge is 0.208 e. The fraction of sp³-hybridized carbons (Fsp3) is 0.100. The molecule has 4 rings (SSSR count). The number of imidazole rings is 1. The number of benzene rings is 2. The summed E-state index contributed by atoms with van der Waals surface area (Å²) in [4.78, 5) is 8.73. The molecule has 0 spiro atoms. The highest BCUT2D eigenvalue weighted by Gasteiger charge is 2.10. The molecule has 0 aliphatic heterocycles. The molecule has 0 bridgehead atoms. The van der Waals surface area contributed by atoms with Crippen molar-refractivity contribution >= 4 is 38.6 Å². The Morgan fingerprint density at radius 1 is 1.07 bits per heavy atom. The Morgan fingerprint density at radius 2 is 1.85 bits per heavy atom. The maximum absolute atomic E-state index is 9.20. The zero-order chi connectivity index (χ0) is 18.8. The first-order chi connectivity index (χ1) is 13.1. The molecule has 0 saturated heterocycles. The van der Waals surface area contributed by atoms with E-state index >= 15 is 0 Å². The summed E-state index contributed by atoms with van der Waals surface area (Å²) in [5, 5.41) is 12.5. The van der Waals surface area contributed by atoms with Crippen molar-refractivity contribution in [1.29, 1.82) is 0 Å². The quantitative estimate of drug-likeness (QED) is 0.483. The summed E-state index contributed by atoms with van der Waals surface area (Å²) < 4.78 is 8.91. The number of pyridine rings is 1. The van der Waals surface area contributed by atoms with Crippen LogP contribution in [-0.4, -0.2) is 19.6 Å². The SMILES string of the molecule is Cn1c(Nc2ccc(Br)cc2)nc2cc(Oc3ccnc(CO)c3)ccc21. The van der Waals surface area contributed by atoms with Gasteiger partial charge in [0.1, 0.15) is 11.5 Å². The monoisotopic (exact) mass is 424 g/mol. The summed E-state index contributed by atoms with van der Waals surface area (Å²) in [6.45, 7) is -0.123. The highest BCUT2D eigenvalue weighted by molar-refractivity contribution is 9.10. The lowest BCUT2D eigenvalue weighted by Crippen LogP contribution is -1.98. The van der Waals surface area contributed by atoms with Crippen molar-refractivity contribution in [1.82, 2.24) is 14.5 Å². The van der Waals surface area contributed by atoms with Crippen molar-refractivity contribution in [3.05, 3.63) is 71.0 Å². The van der Waals surface area contributed by atoms with E-state index in [4.69, 9.17) is 4.74 Å². The first-order valence-electron chi connectivity index (χ1n) is 8.35. The van der Waals surface area contributed by atoms with Crippen LogP contribution < -0.4 is 10.1 Å². The number of hydrogen-bond donors (Lipinski definition) is 2. The van der Waals surface area contributed by atoms with Crippen molar-refractivity contribution in [2.75, 3.05) is 5.32 Å². The second kappa shape index (κ2) is 7.38. The van der Waals surface area contributed by atoms with Crippen LogP contribution in [0.4, 0.5) is 11.6 Å². The van der Waals surface area contributed by atoms with E-state index in [0.29, 0.717) is 17.2 Å². The van der Waals surface area contributed by atoms with Gasteiger partial charge in [-0.15, -0.1) is 0 Å². The molecule has 2 aromatic heterocycles. The minimum absolute atomic E-state index is 0.123. The first kappa shape index (κ1) is 17.5. The summed E-state index contributed by atoms with van der Waals surface area (Å²) in [6.07, 6.45) is 1.61. The van der Waals surface area contributed by atoms with E-state index < -0.39 is 0 Å². The Hall–Kier alpha value is -2.90. The fourth-order valence-electron chi connectivity index (χ4n) is 2.76. The van der Waals surface area contributed by atoms with Crippen LogP contribution in [0.5, 0.6) is 11.5 Å². The van der Waals surface area contributed by atoms with Gasteiger partial charge in [-0.3, -0.25) is 4.98 Å². The van der Waals surface area contributed by atoms with Crippen LogP contribution in [0.15, 0.2) is 65.3 Å². The molecule has 0 amide bonds. The Balaban J connectivity index is 1.61. The molecule has 136 valence electrons. The minimum atomic E-state index is -0.123. The molecule has 0 radical (unpaired) electrons. The molecule has 0 fully saturated rings. The number of ether oxygens (including phenoxy) is 1. The van der Waals surface area contributed by atoms with Gasteiger partial charge in [0.15, 0.2) is 0 Å². The van der Waals surface area contributed by atoms with Gasteiger partial charge in [-0.05, 0) is 42.5 Å². The topological polar surface area (TPSA) is 72.2 Å². The maximum atomic E-state index is 9.20. The Labute approximate surface area is 164 Å². The third kappa shape index (κ3) is 3.79. The van der Waals surface area contributed by atoms with Crippen molar-refractivity contribution in [3.63, 3.8) is 0 Å². The zero-order valence-electron chi connectivity index (χ0n) is 14.6. The molecule has 7 heteroatoms. The van der Waals surface area contributed by atoms with Crippen molar-refractivity contribution in [3.8, 4) is 11.5 Å². The number of nitrogens with one attached hydrogen (secondary N) is 1. The van der Waals surface area contributed by atoms with E-state index in [1.807, 2.05) is 54.1 Å². The third-order valence-corrected chi connectivity index (χ3v) is 4.67. The number of anilines is 2. The van der Waals surface area contributed by atoms with Gasteiger partial charge in [-0.25, -0.2) is 4.98 Å². The molecule has 2 aromatic carbocycles. The number of fused-ring (bicyclic) bond motifs is 1. The van der Waals surface area contributed by atoms with Crippen LogP contribution in [-0.2, 0) is 13.7 Å². The summed E-state index contributed by atoms with van der Waals surface area (Å²) in [5.74, 6) is 2.04. The van der Waals surface area contributed by atoms with Crippen LogP contribution in [0.1, 0.15) is 5.69 Å². The predicted molar refractivity (Wildman–Crippen MR) is 108 cm³/mol. The fourth-order valence-corrected chi connectivity index (χ4v) is 3.02. The molecule has 0 aliphatic carbocycles. The first-order valence-corrected chi connectivity index (χ1v) is 9.14. The van der Waals surface area contributed by atoms with Gasteiger partial charge in [0.05, 0.1) is 23.3 Å². The Morgan fingerprint density at radius 3 is 2.63 bits per heavy atom. The Kier molecular flexibility index (Phi) is 4.79. The van der Waals surface area contributed by atoms with E-state index in [-0.39, 0.29) is 6.61 Å². The van der Waals surface area contributed by atoms with E-state index in [0.717, 1.165) is 27.1 Å². The van der Waals surface area contributed by atoms with Gasteiger partial charge < -0.3 is 19.7 Å². The number of nitrogens with zero attached hydrogens (tertiary/aromatic N) is 3. The number of aliphatic hydroxyl groups is 1. The van der Waals surface area contributed by atoms with Gasteiger partial charge >= 0.3 is 0 Å². The van der Waals surface area contributed by atoms with Gasteiger partial charge in [-0.2, -0.15) is 0 Å². The number of halogens is 1. The molecular formula is C20H17BrN4O2. The minimum Gasteiger partial charge on any atom is -0.457 e. The van der Waals surface area contributed by atoms with Crippen LogP contribution in [0, 0.1) is 0 Å². The standard InChI is InChI=1S/C20H17BrN4O2/c1-25-19-7-6-16(27-17-8-9-22-15(10-17)12-26)11-18(19)24-20(25)23-14-4-2-13(21)3-5-14/h2-11,26H,12H2,1H3,(H,23,24). The van der Waals surface area contributed by atoms with Gasteiger partial charge in [0, 0.05) is 35.5 Å². The van der Waals surface area contributed by atoms with Crippen LogP contribution in [0.2, 0.25) is 0 Å². The molecule has 27 heavy (non-hydrogen) atoms. The van der Waals surface area contributed by atoms with Crippen LogP contribution >= 0.6 is 15.9 Å². The largest absolute Gasteiger partial charge is 0.457 e. The predicted octanol–water partition coefficient (Wildman–Crippen LogP) is 4.76. The molecular weight excluding hydrogens is 408 g/mol. The van der Waals surface area contributed by atoms with Gasteiger partial charge in [-0.1, -0.05) is 15.9 Å². The number of aliphatic hydroxyl groups excluding tert-OH is 1. The molecule has 0 atom stereocenters. The highest BCUT2D eigenvalue weighted by atomic mass is 79.9. The molecule has 0 unspecified atom stereocenters. The van der Waals surface area contributed by atoms with Gasteiger partial charge in [0.25, 0.3) is 0 Å². The lowest BCUT2D eigenvalue weighted by atomic mass is 10.3. The number of aromatic nitrogens is 3. The van der Waals surface area contributed by atoms with Crippen LogP contribution in [0.25, 0.3) is 11.0 Å². The normalized spacial score (nSPS) is 10.9.